The lowest BCUT2D eigenvalue weighted by atomic mass is 9.79. The van der Waals surface area contributed by atoms with E-state index in [-0.39, 0.29) is 17.6 Å². The predicted molar refractivity (Wildman–Crippen MR) is 146 cm³/mol. The van der Waals surface area contributed by atoms with Gasteiger partial charge in [0.25, 0.3) is 5.91 Å². The van der Waals surface area contributed by atoms with Crippen LogP contribution in [-0.4, -0.2) is 61.5 Å². The van der Waals surface area contributed by atoms with Gasteiger partial charge in [0, 0.05) is 38.9 Å². The number of carbonyl (C=O) groups excluding carboxylic acids is 2. The van der Waals surface area contributed by atoms with Crippen LogP contribution >= 0.6 is 0 Å². The third kappa shape index (κ3) is 6.47. The fraction of sp³-hybridized carbons (Fsp3) is 0.355. The first-order chi connectivity index (χ1) is 18.5. The SMILES string of the molecule is CCN(CCCNC(=O)[C@H]1c2ccccc2C(=O)N(CCOC)[C@@H]1c1ccc(F)cc1)Cc1ccccc1. The van der Waals surface area contributed by atoms with Gasteiger partial charge in [-0.05, 0) is 47.9 Å². The van der Waals surface area contributed by atoms with Gasteiger partial charge >= 0.3 is 0 Å². The van der Waals surface area contributed by atoms with Crippen molar-refractivity contribution in [2.75, 3.05) is 39.9 Å². The maximum atomic E-state index is 13.8. The molecule has 0 unspecified atom stereocenters. The van der Waals surface area contributed by atoms with Crippen LogP contribution in [-0.2, 0) is 16.1 Å². The molecule has 2 amide bonds. The zero-order valence-corrected chi connectivity index (χ0v) is 22.1. The van der Waals surface area contributed by atoms with Gasteiger partial charge in [0.2, 0.25) is 5.91 Å². The minimum Gasteiger partial charge on any atom is -0.383 e. The molecule has 0 aliphatic carbocycles. The van der Waals surface area contributed by atoms with Crippen LogP contribution in [0.1, 0.15) is 52.4 Å². The molecule has 38 heavy (non-hydrogen) atoms. The molecule has 3 aromatic carbocycles. The average molecular weight is 518 g/mol. The van der Waals surface area contributed by atoms with Crippen molar-refractivity contribution in [3.05, 3.63) is 107 Å². The lowest BCUT2D eigenvalue weighted by Gasteiger charge is -2.41. The van der Waals surface area contributed by atoms with Crippen molar-refractivity contribution in [1.82, 2.24) is 15.1 Å². The summed E-state index contributed by atoms with van der Waals surface area (Å²) in [6.45, 7) is 5.94. The van der Waals surface area contributed by atoms with Crippen molar-refractivity contribution in [2.24, 2.45) is 0 Å². The summed E-state index contributed by atoms with van der Waals surface area (Å²) in [5.41, 5.74) is 3.19. The normalized spacial score (nSPS) is 16.9. The van der Waals surface area contributed by atoms with E-state index in [2.05, 4.69) is 29.3 Å². The molecule has 0 saturated carbocycles. The number of fused-ring (bicyclic) bond motifs is 1. The van der Waals surface area contributed by atoms with Crippen molar-refractivity contribution < 1.29 is 18.7 Å². The minimum atomic E-state index is -0.627. The number of nitrogens with one attached hydrogen (secondary N) is 1. The van der Waals surface area contributed by atoms with Gasteiger partial charge in [-0.2, -0.15) is 0 Å². The number of hydrogen-bond donors (Lipinski definition) is 1. The Bertz CT molecular complexity index is 1200. The lowest BCUT2D eigenvalue weighted by molar-refractivity contribution is -0.124. The second-order valence-corrected chi connectivity index (χ2v) is 9.55. The smallest absolute Gasteiger partial charge is 0.254 e. The first-order valence-corrected chi connectivity index (χ1v) is 13.2. The highest BCUT2D eigenvalue weighted by Crippen LogP contribution is 2.42. The number of hydrogen-bond acceptors (Lipinski definition) is 4. The zero-order chi connectivity index (χ0) is 26.9. The van der Waals surface area contributed by atoms with E-state index in [0.717, 1.165) is 26.1 Å². The molecule has 0 bridgehead atoms. The third-order valence-corrected chi connectivity index (χ3v) is 7.12. The van der Waals surface area contributed by atoms with Gasteiger partial charge in [-0.1, -0.05) is 67.6 Å². The van der Waals surface area contributed by atoms with Crippen molar-refractivity contribution >= 4 is 11.8 Å². The minimum absolute atomic E-state index is 0.146. The van der Waals surface area contributed by atoms with E-state index < -0.39 is 12.0 Å². The van der Waals surface area contributed by atoms with Gasteiger partial charge in [0.05, 0.1) is 18.6 Å². The summed E-state index contributed by atoms with van der Waals surface area (Å²) in [7, 11) is 1.58. The molecule has 6 nitrogen and oxygen atoms in total. The van der Waals surface area contributed by atoms with Crippen molar-refractivity contribution in [3.8, 4) is 0 Å². The average Bonchev–Trinajstić information content (AvgIpc) is 2.95. The van der Waals surface area contributed by atoms with Crippen molar-refractivity contribution in [3.63, 3.8) is 0 Å². The zero-order valence-electron chi connectivity index (χ0n) is 22.1. The largest absolute Gasteiger partial charge is 0.383 e. The van der Waals surface area contributed by atoms with Crippen LogP contribution in [0.15, 0.2) is 78.9 Å². The van der Waals surface area contributed by atoms with E-state index in [1.807, 2.05) is 36.4 Å². The number of ether oxygens (including phenoxy) is 1. The maximum absolute atomic E-state index is 13.8. The summed E-state index contributed by atoms with van der Waals surface area (Å²) in [5, 5.41) is 3.13. The molecule has 3 aromatic rings. The molecule has 1 heterocycles. The fourth-order valence-electron chi connectivity index (χ4n) is 5.16. The molecule has 2 atom stereocenters. The molecule has 4 rings (SSSR count). The topological polar surface area (TPSA) is 61.9 Å². The van der Waals surface area contributed by atoms with E-state index in [9.17, 15) is 14.0 Å². The number of amides is 2. The van der Waals surface area contributed by atoms with E-state index in [4.69, 9.17) is 4.74 Å². The van der Waals surface area contributed by atoms with E-state index >= 15 is 0 Å². The molecular formula is C31H36FN3O3. The first-order valence-electron chi connectivity index (χ1n) is 13.2. The van der Waals surface area contributed by atoms with Gasteiger partial charge in [-0.3, -0.25) is 14.5 Å². The van der Waals surface area contributed by atoms with Crippen molar-refractivity contribution in [2.45, 2.75) is 31.8 Å². The predicted octanol–water partition coefficient (Wildman–Crippen LogP) is 4.78. The van der Waals surface area contributed by atoms with Gasteiger partial charge in [0.15, 0.2) is 0 Å². The summed E-state index contributed by atoms with van der Waals surface area (Å²) >= 11 is 0. The van der Waals surface area contributed by atoms with E-state index in [1.54, 1.807) is 30.2 Å². The molecule has 0 radical (unpaired) electrons. The summed E-state index contributed by atoms with van der Waals surface area (Å²) in [4.78, 5) is 31.3. The molecule has 1 aliphatic heterocycles. The molecule has 0 aromatic heterocycles. The summed E-state index contributed by atoms with van der Waals surface area (Å²) in [6, 6.07) is 23.1. The van der Waals surface area contributed by atoms with Crippen molar-refractivity contribution in [1.29, 1.82) is 0 Å². The Hall–Kier alpha value is -3.55. The van der Waals surface area contributed by atoms with Gasteiger partial charge in [0.1, 0.15) is 5.82 Å². The Balaban J connectivity index is 1.52. The van der Waals surface area contributed by atoms with Crippen LogP contribution in [0.25, 0.3) is 0 Å². The Labute approximate surface area is 224 Å². The van der Waals surface area contributed by atoms with Crippen LogP contribution < -0.4 is 5.32 Å². The molecule has 0 fully saturated rings. The van der Waals surface area contributed by atoms with Crippen LogP contribution in [0, 0.1) is 5.82 Å². The number of halogens is 1. The molecule has 1 N–H and O–H groups in total. The monoisotopic (exact) mass is 517 g/mol. The molecule has 1 aliphatic rings. The highest BCUT2D eigenvalue weighted by molar-refractivity contribution is 6.01. The van der Waals surface area contributed by atoms with Gasteiger partial charge in [-0.15, -0.1) is 0 Å². The summed E-state index contributed by atoms with van der Waals surface area (Å²) < 4.78 is 19.1. The summed E-state index contributed by atoms with van der Waals surface area (Å²) in [5.74, 6) is -1.29. The van der Waals surface area contributed by atoms with Gasteiger partial charge in [-0.25, -0.2) is 4.39 Å². The number of rotatable bonds is 12. The van der Waals surface area contributed by atoms with E-state index in [0.29, 0.717) is 36.4 Å². The third-order valence-electron chi connectivity index (χ3n) is 7.12. The fourth-order valence-corrected chi connectivity index (χ4v) is 5.16. The lowest BCUT2D eigenvalue weighted by Crippen LogP contribution is -2.48. The van der Waals surface area contributed by atoms with Crippen LogP contribution in [0.4, 0.5) is 4.39 Å². The quantitative estimate of drug-likeness (QED) is 0.351. The molecular weight excluding hydrogens is 481 g/mol. The number of nitrogens with zero attached hydrogens (tertiary/aromatic N) is 2. The molecule has 0 saturated heterocycles. The van der Waals surface area contributed by atoms with Crippen LogP contribution in [0.5, 0.6) is 0 Å². The highest BCUT2D eigenvalue weighted by atomic mass is 19.1. The Morgan fingerprint density at radius 1 is 1.03 bits per heavy atom. The highest BCUT2D eigenvalue weighted by Gasteiger charge is 2.43. The second-order valence-electron chi connectivity index (χ2n) is 9.55. The Kier molecular flexibility index (Phi) is 9.62. The number of benzene rings is 3. The maximum Gasteiger partial charge on any atom is 0.254 e. The first kappa shape index (κ1) is 27.5. The second kappa shape index (κ2) is 13.3. The van der Waals surface area contributed by atoms with Crippen LogP contribution in [0.2, 0.25) is 0 Å². The molecule has 200 valence electrons. The number of carbonyl (C=O) groups is 2. The Morgan fingerprint density at radius 3 is 2.45 bits per heavy atom. The van der Waals surface area contributed by atoms with Crippen LogP contribution in [0.3, 0.4) is 0 Å². The van der Waals surface area contributed by atoms with E-state index in [1.165, 1.54) is 17.7 Å². The van der Waals surface area contributed by atoms with Gasteiger partial charge < -0.3 is 15.0 Å². The standard InChI is InChI=1S/C31H36FN3O3/c1-3-34(22-23-10-5-4-6-11-23)19-9-18-33-30(36)28-26-12-7-8-13-27(26)31(37)35(20-21-38-2)29(28)24-14-16-25(32)17-15-24/h4-8,10-17,28-29H,3,9,18-22H2,1-2H3,(H,33,36)/t28-,29+/m0/s1. The molecule has 0 spiro atoms. The summed E-state index contributed by atoms with van der Waals surface area (Å²) in [6.07, 6.45) is 0.800. The molecule has 7 heteroatoms. The Morgan fingerprint density at radius 2 is 1.74 bits per heavy atom. The number of methoxy groups -OCH3 is 1.